The molecule has 1 saturated heterocycles. The van der Waals surface area contributed by atoms with Crippen molar-refractivity contribution in [2.75, 3.05) is 13.1 Å². The zero-order chi connectivity index (χ0) is 12.1. The molecule has 1 unspecified atom stereocenters. The van der Waals surface area contributed by atoms with Gasteiger partial charge in [-0.05, 0) is 44.2 Å². The zero-order valence-corrected chi connectivity index (χ0v) is 11.0. The van der Waals surface area contributed by atoms with Crippen LogP contribution in [0, 0.1) is 11.8 Å². The van der Waals surface area contributed by atoms with Gasteiger partial charge in [0.2, 0.25) is 0 Å². The van der Waals surface area contributed by atoms with E-state index in [0.717, 1.165) is 25.4 Å². The second-order valence-corrected chi connectivity index (χ2v) is 5.50. The van der Waals surface area contributed by atoms with Crippen molar-refractivity contribution in [2.45, 2.75) is 46.1 Å². The van der Waals surface area contributed by atoms with Crippen LogP contribution in [-0.2, 0) is 13.0 Å². The summed E-state index contributed by atoms with van der Waals surface area (Å²) in [5.74, 6) is 2.58. The second kappa shape index (κ2) is 6.15. The summed E-state index contributed by atoms with van der Waals surface area (Å²) in [5.41, 5.74) is 0. The van der Waals surface area contributed by atoms with Crippen molar-refractivity contribution in [3.05, 3.63) is 12.2 Å². The first-order valence-corrected chi connectivity index (χ1v) is 6.83. The molecule has 17 heavy (non-hydrogen) atoms. The van der Waals surface area contributed by atoms with E-state index in [1.807, 2.05) is 0 Å². The Morgan fingerprint density at radius 2 is 2.29 bits per heavy atom. The fourth-order valence-electron chi connectivity index (χ4n) is 2.50. The minimum atomic E-state index is 0.631. The van der Waals surface area contributed by atoms with Crippen LogP contribution in [0.15, 0.2) is 6.33 Å². The summed E-state index contributed by atoms with van der Waals surface area (Å²) >= 11 is 0. The molecule has 0 saturated carbocycles. The number of rotatable bonds is 4. The largest absolute Gasteiger partial charge is 0.317 e. The topological polar surface area (TPSA) is 42.7 Å². The fourth-order valence-corrected chi connectivity index (χ4v) is 2.50. The lowest BCUT2D eigenvalue weighted by atomic mass is 9.96. The number of aromatic nitrogens is 3. The fraction of sp³-hybridized carbons (Fsp3) is 0.846. The van der Waals surface area contributed by atoms with Crippen molar-refractivity contribution in [3.8, 4) is 0 Å². The van der Waals surface area contributed by atoms with Crippen molar-refractivity contribution >= 4 is 0 Å². The van der Waals surface area contributed by atoms with Gasteiger partial charge in [-0.2, -0.15) is 5.10 Å². The van der Waals surface area contributed by atoms with E-state index in [1.165, 1.54) is 31.6 Å². The highest BCUT2D eigenvalue weighted by Gasteiger charge is 2.16. The first kappa shape index (κ1) is 12.6. The molecule has 1 aliphatic rings. The van der Waals surface area contributed by atoms with E-state index in [-0.39, 0.29) is 0 Å². The molecule has 0 aromatic carbocycles. The molecule has 1 atom stereocenters. The SMILES string of the molecule is CC(C)Cn1ncnc1CC1CCCNCC1. The summed E-state index contributed by atoms with van der Waals surface area (Å²) in [6.07, 6.45) is 6.68. The van der Waals surface area contributed by atoms with Crippen LogP contribution in [0.4, 0.5) is 0 Å². The molecule has 1 fully saturated rings. The van der Waals surface area contributed by atoms with Gasteiger partial charge in [0, 0.05) is 13.0 Å². The van der Waals surface area contributed by atoms with Gasteiger partial charge < -0.3 is 5.32 Å². The lowest BCUT2D eigenvalue weighted by Crippen LogP contribution is -2.16. The Morgan fingerprint density at radius 1 is 1.41 bits per heavy atom. The molecule has 0 spiro atoms. The summed E-state index contributed by atoms with van der Waals surface area (Å²) in [5, 5.41) is 7.80. The monoisotopic (exact) mass is 236 g/mol. The maximum absolute atomic E-state index is 4.43. The Hall–Kier alpha value is -0.900. The highest BCUT2D eigenvalue weighted by Crippen LogP contribution is 2.18. The van der Waals surface area contributed by atoms with E-state index in [9.17, 15) is 0 Å². The summed E-state index contributed by atoms with van der Waals surface area (Å²) < 4.78 is 2.09. The smallest absolute Gasteiger partial charge is 0.138 e. The average molecular weight is 236 g/mol. The number of nitrogens with zero attached hydrogens (tertiary/aromatic N) is 3. The van der Waals surface area contributed by atoms with Crippen LogP contribution < -0.4 is 5.32 Å². The quantitative estimate of drug-likeness (QED) is 0.868. The van der Waals surface area contributed by atoms with E-state index in [1.54, 1.807) is 6.33 Å². The molecule has 1 aliphatic heterocycles. The Kier molecular flexibility index (Phi) is 4.54. The molecule has 0 aliphatic carbocycles. The molecule has 2 heterocycles. The first-order valence-electron chi connectivity index (χ1n) is 6.83. The number of nitrogens with one attached hydrogen (secondary N) is 1. The molecule has 0 bridgehead atoms. The summed E-state index contributed by atoms with van der Waals surface area (Å²) in [6, 6.07) is 0. The van der Waals surface area contributed by atoms with Crippen LogP contribution in [0.25, 0.3) is 0 Å². The van der Waals surface area contributed by atoms with Gasteiger partial charge >= 0.3 is 0 Å². The zero-order valence-electron chi connectivity index (χ0n) is 11.0. The normalized spacial score (nSPS) is 21.7. The molecule has 1 N–H and O–H groups in total. The van der Waals surface area contributed by atoms with Crippen LogP contribution in [-0.4, -0.2) is 27.9 Å². The third-order valence-corrected chi connectivity index (χ3v) is 3.40. The minimum absolute atomic E-state index is 0.631. The average Bonchev–Trinajstić information content (AvgIpc) is 2.55. The molecule has 0 radical (unpaired) electrons. The molecule has 0 amide bonds. The third kappa shape index (κ3) is 3.80. The van der Waals surface area contributed by atoms with E-state index in [0.29, 0.717) is 5.92 Å². The van der Waals surface area contributed by atoms with Crippen molar-refractivity contribution in [2.24, 2.45) is 11.8 Å². The van der Waals surface area contributed by atoms with Gasteiger partial charge in [-0.25, -0.2) is 9.67 Å². The lowest BCUT2D eigenvalue weighted by Gasteiger charge is -2.14. The van der Waals surface area contributed by atoms with Crippen LogP contribution in [0.5, 0.6) is 0 Å². The van der Waals surface area contributed by atoms with Gasteiger partial charge in [0.05, 0.1) is 0 Å². The van der Waals surface area contributed by atoms with Crippen LogP contribution in [0.1, 0.15) is 38.9 Å². The lowest BCUT2D eigenvalue weighted by molar-refractivity contribution is 0.417. The highest BCUT2D eigenvalue weighted by atomic mass is 15.3. The van der Waals surface area contributed by atoms with Crippen LogP contribution in [0.3, 0.4) is 0 Å². The molecule has 4 heteroatoms. The molecule has 1 aromatic rings. The van der Waals surface area contributed by atoms with Gasteiger partial charge in [-0.15, -0.1) is 0 Å². The van der Waals surface area contributed by atoms with Crippen LogP contribution in [0.2, 0.25) is 0 Å². The van der Waals surface area contributed by atoms with Crippen molar-refractivity contribution in [1.29, 1.82) is 0 Å². The Labute approximate surface area is 104 Å². The highest BCUT2D eigenvalue weighted by molar-refractivity contribution is 4.88. The van der Waals surface area contributed by atoms with Gasteiger partial charge in [0.1, 0.15) is 12.2 Å². The predicted molar refractivity (Wildman–Crippen MR) is 68.8 cm³/mol. The van der Waals surface area contributed by atoms with Gasteiger partial charge in [-0.1, -0.05) is 13.8 Å². The summed E-state index contributed by atoms with van der Waals surface area (Å²) in [4.78, 5) is 4.43. The van der Waals surface area contributed by atoms with E-state index in [4.69, 9.17) is 0 Å². The van der Waals surface area contributed by atoms with Crippen LogP contribution >= 0.6 is 0 Å². The van der Waals surface area contributed by atoms with E-state index in [2.05, 4.69) is 33.9 Å². The summed E-state index contributed by atoms with van der Waals surface area (Å²) in [7, 11) is 0. The first-order chi connectivity index (χ1) is 8.25. The number of hydrogen-bond donors (Lipinski definition) is 1. The standard InChI is InChI=1S/C13H24N4/c1-11(2)9-17-13(15-10-16-17)8-12-4-3-6-14-7-5-12/h10-12,14H,3-9H2,1-2H3. The van der Waals surface area contributed by atoms with Gasteiger partial charge in [-0.3, -0.25) is 0 Å². The predicted octanol–water partition coefficient (Wildman–Crippen LogP) is 1.87. The second-order valence-electron chi connectivity index (χ2n) is 5.50. The van der Waals surface area contributed by atoms with Gasteiger partial charge in [0.15, 0.2) is 0 Å². The molecule has 1 aromatic heterocycles. The molecule has 2 rings (SSSR count). The maximum atomic E-state index is 4.43. The van der Waals surface area contributed by atoms with Crippen molar-refractivity contribution in [1.82, 2.24) is 20.1 Å². The summed E-state index contributed by atoms with van der Waals surface area (Å²) in [6.45, 7) is 7.76. The Morgan fingerprint density at radius 3 is 3.12 bits per heavy atom. The molecule has 96 valence electrons. The van der Waals surface area contributed by atoms with E-state index >= 15 is 0 Å². The van der Waals surface area contributed by atoms with Crippen molar-refractivity contribution in [3.63, 3.8) is 0 Å². The molecular formula is C13H24N4. The Bertz CT molecular complexity index is 324. The number of hydrogen-bond acceptors (Lipinski definition) is 3. The van der Waals surface area contributed by atoms with Crippen molar-refractivity contribution < 1.29 is 0 Å². The van der Waals surface area contributed by atoms with Gasteiger partial charge in [0.25, 0.3) is 0 Å². The van der Waals surface area contributed by atoms with E-state index < -0.39 is 0 Å². The minimum Gasteiger partial charge on any atom is -0.317 e. The maximum Gasteiger partial charge on any atom is 0.138 e. The third-order valence-electron chi connectivity index (χ3n) is 3.40. The molecule has 4 nitrogen and oxygen atoms in total. The Balaban J connectivity index is 1.94. The molecular weight excluding hydrogens is 212 g/mol.